The molecule has 10 heteroatoms. The van der Waals surface area contributed by atoms with Crippen molar-refractivity contribution in [2.45, 2.75) is 25.1 Å². The number of rotatable bonds is 4. The lowest BCUT2D eigenvalue weighted by Gasteiger charge is -2.31. The Kier molecular flexibility index (Phi) is 5.90. The lowest BCUT2D eigenvalue weighted by atomic mass is 10.1. The number of fused-ring (bicyclic) bond motifs is 1. The van der Waals surface area contributed by atoms with Crippen LogP contribution in [0.15, 0.2) is 42.5 Å². The molecule has 2 heterocycles. The number of methoxy groups -OCH3 is 1. The number of anilines is 1. The van der Waals surface area contributed by atoms with Gasteiger partial charge in [-0.05, 0) is 24.3 Å². The molecule has 0 spiro atoms. The third-order valence-corrected chi connectivity index (χ3v) is 5.97. The average Bonchev–Trinajstić information content (AvgIpc) is 3.15. The van der Waals surface area contributed by atoms with Crippen molar-refractivity contribution < 1.29 is 27.4 Å². The van der Waals surface area contributed by atoms with Gasteiger partial charge in [-0.15, -0.1) is 0 Å². The van der Waals surface area contributed by atoms with Crippen LogP contribution in [0.3, 0.4) is 0 Å². The number of carbonyl (C=O) groups excluding carboxylic acids is 1. The molecule has 1 fully saturated rings. The second kappa shape index (κ2) is 8.62. The Bertz CT molecular complexity index is 1080. The number of ether oxygens (including phenoxy) is 2. The number of carbonyl (C=O) groups is 1. The highest BCUT2D eigenvalue weighted by Crippen LogP contribution is 2.35. The van der Waals surface area contributed by atoms with E-state index in [2.05, 4.69) is 10.3 Å². The van der Waals surface area contributed by atoms with Gasteiger partial charge in [0.25, 0.3) is 5.19 Å². The van der Waals surface area contributed by atoms with Crippen LogP contribution in [-0.2, 0) is 6.18 Å². The molecule has 4 rings (SSSR count). The van der Waals surface area contributed by atoms with Gasteiger partial charge in [0.05, 0.1) is 28.6 Å². The van der Waals surface area contributed by atoms with Crippen molar-refractivity contribution in [3.63, 3.8) is 0 Å². The van der Waals surface area contributed by atoms with Gasteiger partial charge in [0.2, 0.25) is 0 Å². The quantitative estimate of drug-likeness (QED) is 0.577. The molecule has 6 nitrogen and oxygen atoms in total. The molecule has 0 bridgehead atoms. The van der Waals surface area contributed by atoms with E-state index in [9.17, 15) is 18.0 Å². The van der Waals surface area contributed by atoms with Gasteiger partial charge in [-0.3, -0.25) is 0 Å². The fourth-order valence-corrected chi connectivity index (χ4v) is 4.28. The van der Waals surface area contributed by atoms with Gasteiger partial charge in [-0.2, -0.15) is 13.2 Å². The summed E-state index contributed by atoms with van der Waals surface area (Å²) in [5.74, 6) is 0.718. The van der Waals surface area contributed by atoms with Crippen molar-refractivity contribution in [2.75, 3.05) is 25.5 Å². The number of nitrogens with zero attached hydrogens (tertiary/aromatic N) is 2. The fraction of sp³-hybridized carbons (Fsp3) is 0.333. The number of benzene rings is 2. The zero-order chi connectivity index (χ0) is 22.0. The highest BCUT2D eigenvalue weighted by atomic mass is 32.1. The number of amides is 2. The van der Waals surface area contributed by atoms with E-state index in [4.69, 9.17) is 9.47 Å². The van der Waals surface area contributed by atoms with Crippen molar-refractivity contribution in [2.24, 2.45) is 0 Å². The number of piperidine rings is 1. The Morgan fingerprint density at radius 1 is 1.19 bits per heavy atom. The normalized spacial score (nSPS) is 15.2. The second-order valence-corrected chi connectivity index (χ2v) is 8.08. The summed E-state index contributed by atoms with van der Waals surface area (Å²) >= 11 is 1.43. The molecular weight excluding hydrogens is 431 g/mol. The van der Waals surface area contributed by atoms with Crippen molar-refractivity contribution in [1.82, 2.24) is 9.88 Å². The molecule has 1 N–H and O–H groups in total. The van der Waals surface area contributed by atoms with Crippen LogP contribution in [0.1, 0.15) is 18.4 Å². The molecule has 3 aromatic rings. The molecule has 2 amide bonds. The minimum absolute atomic E-state index is 0.117. The van der Waals surface area contributed by atoms with Crippen molar-refractivity contribution in [1.29, 1.82) is 0 Å². The summed E-state index contributed by atoms with van der Waals surface area (Å²) in [4.78, 5) is 18.4. The molecule has 1 aliphatic rings. The number of para-hydroxylation sites is 1. The monoisotopic (exact) mass is 451 g/mol. The summed E-state index contributed by atoms with van der Waals surface area (Å²) in [6.07, 6.45) is -3.53. The second-order valence-electron chi connectivity index (χ2n) is 7.09. The van der Waals surface area contributed by atoms with E-state index in [1.54, 1.807) is 7.11 Å². The molecule has 0 radical (unpaired) electrons. The summed E-state index contributed by atoms with van der Waals surface area (Å²) in [6.45, 7) is 0.757. The fourth-order valence-electron chi connectivity index (χ4n) is 3.42. The smallest absolute Gasteiger partial charge is 0.418 e. The molecule has 0 unspecified atom stereocenters. The van der Waals surface area contributed by atoms with Gasteiger partial charge in [-0.25, -0.2) is 9.78 Å². The summed E-state index contributed by atoms with van der Waals surface area (Å²) < 4.78 is 51.5. The number of thiazole rings is 1. The first-order valence-corrected chi connectivity index (χ1v) is 10.5. The first-order chi connectivity index (χ1) is 14.8. The standard InChI is InChI=1S/C21H20F3N3O3S/c1-29-14-6-7-18-17(12-14)26-20(31-18)30-13-8-10-27(11-9-13)19(28)25-16-5-3-2-4-15(16)21(22,23)24/h2-7,12-13H,8-11H2,1H3,(H,25,28). The maximum Gasteiger partial charge on any atom is 0.418 e. The molecule has 164 valence electrons. The SMILES string of the molecule is COc1ccc2sc(OC3CCN(C(=O)Nc4ccccc4C(F)(F)F)CC3)nc2c1. The minimum Gasteiger partial charge on any atom is -0.497 e. The Morgan fingerprint density at radius 3 is 2.65 bits per heavy atom. The van der Waals surface area contributed by atoms with Crippen LogP contribution in [0.5, 0.6) is 10.9 Å². The highest BCUT2D eigenvalue weighted by molar-refractivity contribution is 7.20. The summed E-state index contributed by atoms with van der Waals surface area (Å²) in [5.41, 5.74) is -0.322. The molecule has 0 saturated carbocycles. The van der Waals surface area contributed by atoms with Crippen LogP contribution in [0.2, 0.25) is 0 Å². The minimum atomic E-state index is -4.54. The first-order valence-electron chi connectivity index (χ1n) is 9.67. The zero-order valence-corrected chi connectivity index (χ0v) is 17.4. The van der Waals surface area contributed by atoms with E-state index in [1.807, 2.05) is 18.2 Å². The first kappa shape index (κ1) is 21.2. The lowest BCUT2D eigenvalue weighted by Crippen LogP contribution is -2.44. The van der Waals surface area contributed by atoms with E-state index in [0.717, 1.165) is 22.0 Å². The zero-order valence-electron chi connectivity index (χ0n) is 16.6. The predicted octanol–water partition coefficient (Wildman–Crippen LogP) is 5.40. The largest absolute Gasteiger partial charge is 0.497 e. The molecule has 0 aliphatic carbocycles. The molecule has 1 aromatic heterocycles. The summed E-state index contributed by atoms with van der Waals surface area (Å²) in [5, 5.41) is 2.93. The molecular formula is C21H20F3N3O3S. The van der Waals surface area contributed by atoms with Crippen LogP contribution in [0.4, 0.5) is 23.7 Å². The highest BCUT2D eigenvalue weighted by Gasteiger charge is 2.34. The van der Waals surface area contributed by atoms with Gasteiger partial charge in [0.15, 0.2) is 0 Å². The van der Waals surface area contributed by atoms with E-state index in [0.29, 0.717) is 31.1 Å². The molecule has 2 aromatic carbocycles. The van der Waals surface area contributed by atoms with Crippen molar-refractivity contribution in [3.8, 4) is 10.9 Å². The number of urea groups is 1. The van der Waals surface area contributed by atoms with Crippen molar-refractivity contribution in [3.05, 3.63) is 48.0 Å². The number of likely N-dealkylation sites (tertiary alicyclic amines) is 1. The number of aromatic nitrogens is 1. The average molecular weight is 451 g/mol. The van der Waals surface area contributed by atoms with E-state index < -0.39 is 17.8 Å². The lowest BCUT2D eigenvalue weighted by molar-refractivity contribution is -0.136. The predicted molar refractivity (Wildman–Crippen MR) is 112 cm³/mol. The number of halogens is 3. The molecule has 0 atom stereocenters. The van der Waals surface area contributed by atoms with Crippen LogP contribution in [-0.4, -0.2) is 42.2 Å². The molecule has 1 saturated heterocycles. The van der Waals surface area contributed by atoms with E-state index >= 15 is 0 Å². The maximum absolute atomic E-state index is 13.1. The van der Waals surface area contributed by atoms with Crippen LogP contribution in [0, 0.1) is 0 Å². The van der Waals surface area contributed by atoms with Gasteiger partial charge in [-0.1, -0.05) is 23.5 Å². The van der Waals surface area contributed by atoms with E-state index in [1.165, 1.54) is 34.4 Å². The number of alkyl halides is 3. The van der Waals surface area contributed by atoms with Crippen LogP contribution in [0.25, 0.3) is 10.2 Å². The maximum atomic E-state index is 13.1. The third-order valence-electron chi connectivity index (χ3n) is 5.05. The van der Waals surface area contributed by atoms with E-state index in [-0.39, 0.29) is 11.8 Å². The van der Waals surface area contributed by atoms with Gasteiger partial charge >= 0.3 is 12.2 Å². The Balaban J connectivity index is 1.34. The number of nitrogens with one attached hydrogen (secondary N) is 1. The Morgan fingerprint density at radius 2 is 1.94 bits per heavy atom. The van der Waals surface area contributed by atoms with Crippen LogP contribution < -0.4 is 14.8 Å². The summed E-state index contributed by atoms with van der Waals surface area (Å²) in [6, 6.07) is 10.0. The Hall–Kier alpha value is -3.01. The topological polar surface area (TPSA) is 63.7 Å². The number of hydrogen-bond donors (Lipinski definition) is 1. The molecule has 31 heavy (non-hydrogen) atoms. The Labute approximate surface area is 180 Å². The number of hydrogen-bond acceptors (Lipinski definition) is 5. The summed E-state index contributed by atoms with van der Waals surface area (Å²) in [7, 11) is 1.59. The van der Waals surface area contributed by atoms with Crippen molar-refractivity contribution >= 4 is 33.3 Å². The van der Waals surface area contributed by atoms with Gasteiger partial charge < -0.3 is 19.7 Å². The van der Waals surface area contributed by atoms with Crippen LogP contribution >= 0.6 is 11.3 Å². The van der Waals surface area contributed by atoms with Gasteiger partial charge in [0.1, 0.15) is 11.9 Å². The van der Waals surface area contributed by atoms with Gasteiger partial charge in [0, 0.05) is 32.0 Å². The third kappa shape index (κ3) is 4.84. The molecule has 1 aliphatic heterocycles.